The lowest BCUT2D eigenvalue weighted by Gasteiger charge is -2.24. The SMILES string of the molecule is C/C=C/CCCC(C)=O.C=CCCCCCCCCCCC.CC.CCCCCCCCC(CCCCCCCC)OC(=O)CCCCCCCOC[C@@H]1C[C@H](N)CN1CCCCCC(C)=O. The van der Waals surface area contributed by atoms with Crippen LogP contribution in [-0.4, -0.2) is 66.9 Å². The lowest BCUT2D eigenvalue weighted by molar-refractivity contribution is -0.150. The molecule has 0 aromatic carbocycles. The Hall–Kier alpha value is -1.83. The summed E-state index contributed by atoms with van der Waals surface area (Å²) in [7, 11) is 0. The van der Waals surface area contributed by atoms with Gasteiger partial charge in [-0.1, -0.05) is 194 Å². The van der Waals surface area contributed by atoms with Crippen molar-refractivity contribution in [3.63, 3.8) is 0 Å². The predicted molar refractivity (Wildman–Crippen MR) is 294 cm³/mol. The van der Waals surface area contributed by atoms with Crippen molar-refractivity contribution in [2.45, 2.75) is 318 Å². The van der Waals surface area contributed by atoms with Crippen LogP contribution in [-0.2, 0) is 23.9 Å². The average molecular weight is 948 g/mol. The van der Waals surface area contributed by atoms with Gasteiger partial charge in [-0.3, -0.25) is 9.69 Å². The van der Waals surface area contributed by atoms with E-state index in [1.54, 1.807) is 13.8 Å². The van der Waals surface area contributed by atoms with E-state index < -0.39 is 0 Å². The molecule has 0 spiro atoms. The van der Waals surface area contributed by atoms with Crippen LogP contribution in [0.4, 0.5) is 0 Å². The van der Waals surface area contributed by atoms with Crippen LogP contribution in [0.2, 0.25) is 0 Å². The van der Waals surface area contributed by atoms with Crippen LogP contribution in [0.5, 0.6) is 0 Å². The molecule has 0 bridgehead atoms. The minimum absolute atomic E-state index is 0.0171. The molecular formula is C60H118N2O5. The first-order chi connectivity index (χ1) is 32.6. The van der Waals surface area contributed by atoms with Gasteiger partial charge in [0.15, 0.2) is 0 Å². The molecule has 2 atom stereocenters. The van der Waals surface area contributed by atoms with Crippen molar-refractivity contribution >= 4 is 17.5 Å². The third-order valence-electron chi connectivity index (χ3n) is 12.7. The van der Waals surface area contributed by atoms with E-state index in [9.17, 15) is 14.4 Å². The fourth-order valence-electron chi connectivity index (χ4n) is 8.61. The van der Waals surface area contributed by atoms with E-state index in [1.807, 2.05) is 32.9 Å². The summed E-state index contributed by atoms with van der Waals surface area (Å²) < 4.78 is 12.0. The number of carbonyl (C=O) groups excluding carboxylic acids is 3. The molecule has 1 aliphatic heterocycles. The average Bonchev–Trinajstić information content (AvgIpc) is 3.67. The van der Waals surface area contributed by atoms with Gasteiger partial charge in [0.05, 0.1) is 6.61 Å². The molecule has 0 aromatic heterocycles. The zero-order valence-electron chi connectivity index (χ0n) is 46.4. The summed E-state index contributed by atoms with van der Waals surface area (Å²) in [6.07, 6.45) is 51.4. The fraction of sp³-hybridized carbons (Fsp3) is 0.883. The molecule has 0 saturated carbocycles. The number of esters is 1. The number of ether oxygens (including phenoxy) is 2. The minimum Gasteiger partial charge on any atom is -0.462 e. The van der Waals surface area contributed by atoms with Gasteiger partial charge < -0.3 is 24.8 Å². The molecule has 1 aliphatic rings. The van der Waals surface area contributed by atoms with Gasteiger partial charge in [0.2, 0.25) is 0 Å². The largest absolute Gasteiger partial charge is 0.462 e. The van der Waals surface area contributed by atoms with Crippen LogP contribution in [0, 0.1) is 0 Å². The van der Waals surface area contributed by atoms with E-state index in [0.29, 0.717) is 30.4 Å². The number of allylic oxidation sites excluding steroid dienone is 3. The van der Waals surface area contributed by atoms with Gasteiger partial charge in [0, 0.05) is 44.5 Å². The highest BCUT2D eigenvalue weighted by Gasteiger charge is 2.29. The van der Waals surface area contributed by atoms with Crippen LogP contribution in [0.3, 0.4) is 0 Å². The standard InChI is InChI=1S/C37H72N2O4.C13H26.C8H14O.C2H6/c1-4-6-8-10-13-19-25-36(26-20-14-11-9-7-5-2)43-37(41)27-21-15-12-16-23-29-42-32-35-30-34(38)31-39(35)28-22-17-18-24-33(3)40;1-3-5-7-9-11-13-12-10-8-6-4-2;1-3-4-5-6-7-8(2)9;1-2/h34-36H,4-32,38H2,1-3H3;3H,1,4-13H2,2H3;3-4H,5-7H2,1-2H3;1-2H3/b;;4-3+;/t34-,35-;;;/m0.../s1. The van der Waals surface area contributed by atoms with Gasteiger partial charge in [0.1, 0.15) is 17.7 Å². The van der Waals surface area contributed by atoms with E-state index in [0.717, 1.165) is 116 Å². The van der Waals surface area contributed by atoms with Crippen LogP contribution < -0.4 is 5.73 Å². The Morgan fingerprint density at radius 1 is 0.597 bits per heavy atom. The summed E-state index contributed by atoms with van der Waals surface area (Å²) in [5, 5.41) is 0. The van der Waals surface area contributed by atoms with E-state index in [1.165, 1.54) is 141 Å². The second kappa shape index (κ2) is 58.5. The third kappa shape index (κ3) is 56.6. The molecule has 398 valence electrons. The fourth-order valence-corrected chi connectivity index (χ4v) is 8.61. The Labute approximate surface area is 419 Å². The van der Waals surface area contributed by atoms with Gasteiger partial charge in [-0.05, 0) is 111 Å². The van der Waals surface area contributed by atoms with Crippen molar-refractivity contribution in [1.29, 1.82) is 0 Å². The Bertz CT molecular complexity index is 1050. The van der Waals surface area contributed by atoms with Gasteiger partial charge in [-0.2, -0.15) is 0 Å². The zero-order valence-corrected chi connectivity index (χ0v) is 46.4. The third-order valence-corrected chi connectivity index (χ3v) is 12.7. The topological polar surface area (TPSA) is 98.9 Å². The number of ketones is 2. The van der Waals surface area contributed by atoms with E-state index in [2.05, 4.69) is 38.3 Å². The van der Waals surface area contributed by atoms with Crippen molar-refractivity contribution in [3.8, 4) is 0 Å². The highest BCUT2D eigenvalue weighted by Crippen LogP contribution is 2.20. The number of unbranched alkanes of at least 4 members (excludes halogenated alkanes) is 26. The Balaban J connectivity index is -0.00000139. The van der Waals surface area contributed by atoms with Crippen LogP contribution >= 0.6 is 0 Å². The number of rotatable bonds is 45. The molecule has 1 rings (SSSR count). The molecule has 1 saturated heterocycles. The maximum atomic E-state index is 12.6. The molecule has 1 heterocycles. The quantitative estimate of drug-likeness (QED) is 0.0369. The lowest BCUT2D eigenvalue weighted by atomic mass is 10.0. The molecule has 1 fully saturated rings. The van der Waals surface area contributed by atoms with Crippen LogP contribution in [0.15, 0.2) is 24.8 Å². The van der Waals surface area contributed by atoms with Crippen LogP contribution in [0.25, 0.3) is 0 Å². The highest BCUT2D eigenvalue weighted by atomic mass is 16.5. The number of Topliss-reactive ketones (excluding diaryl/α,β-unsaturated/α-hetero) is 2. The first-order valence-electron chi connectivity index (χ1n) is 29.1. The minimum atomic E-state index is 0.0171. The monoisotopic (exact) mass is 947 g/mol. The van der Waals surface area contributed by atoms with Gasteiger partial charge in [-0.25, -0.2) is 0 Å². The zero-order chi connectivity index (χ0) is 50.3. The molecule has 0 aliphatic carbocycles. The summed E-state index contributed by atoms with van der Waals surface area (Å²) in [6.45, 7) is 23.4. The number of carbonyl (C=O) groups is 3. The summed E-state index contributed by atoms with van der Waals surface area (Å²) >= 11 is 0. The molecule has 7 heteroatoms. The maximum Gasteiger partial charge on any atom is 0.306 e. The van der Waals surface area contributed by atoms with Crippen LogP contribution in [0.1, 0.15) is 299 Å². The molecular weight excluding hydrogens is 829 g/mol. The molecule has 67 heavy (non-hydrogen) atoms. The molecule has 0 unspecified atom stereocenters. The van der Waals surface area contributed by atoms with Crippen molar-refractivity contribution in [2.75, 3.05) is 26.3 Å². The summed E-state index contributed by atoms with van der Waals surface area (Å²) in [6, 6.07) is 0.679. The summed E-state index contributed by atoms with van der Waals surface area (Å²) in [5.41, 5.74) is 6.24. The number of nitrogens with two attached hydrogens (primary N) is 1. The van der Waals surface area contributed by atoms with Crippen molar-refractivity contribution in [3.05, 3.63) is 24.8 Å². The lowest BCUT2D eigenvalue weighted by Crippen LogP contribution is -2.34. The van der Waals surface area contributed by atoms with Crippen molar-refractivity contribution < 1.29 is 23.9 Å². The molecule has 0 amide bonds. The Kier molecular flexibility index (Phi) is 60.6. The van der Waals surface area contributed by atoms with E-state index in [-0.39, 0.29) is 18.1 Å². The Morgan fingerprint density at radius 3 is 1.55 bits per heavy atom. The van der Waals surface area contributed by atoms with Gasteiger partial charge in [-0.15, -0.1) is 6.58 Å². The maximum absolute atomic E-state index is 12.6. The summed E-state index contributed by atoms with van der Waals surface area (Å²) in [4.78, 5) is 36.6. The Morgan fingerprint density at radius 2 is 1.04 bits per heavy atom. The van der Waals surface area contributed by atoms with E-state index in [4.69, 9.17) is 15.2 Å². The smallest absolute Gasteiger partial charge is 0.306 e. The normalized spacial score (nSPS) is 14.5. The number of hydrogen-bond donors (Lipinski definition) is 1. The number of hydrogen-bond acceptors (Lipinski definition) is 7. The molecule has 0 aromatic rings. The first-order valence-corrected chi connectivity index (χ1v) is 29.1. The highest BCUT2D eigenvalue weighted by molar-refractivity contribution is 5.75. The van der Waals surface area contributed by atoms with Crippen molar-refractivity contribution in [2.24, 2.45) is 5.73 Å². The van der Waals surface area contributed by atoms with Crippen molar-refractivity contribution in [1.82, 2.24) is 4.90 Å². The molecule has 0 radical (unpaired) electrons. The van der Waals surface area contributed by atoms with E-state index >= 15 is 0 Å². The second-order valence-electron chi connectivity index (χ2n) is 19.5. The summed E-state index contributed by atoms with van der Waals surface area (Å²) in [5.74, 6) is 0.598. The molecule has 7 nitrogen and oxygen atoms in total. The number of nitrogens with zero attached hydrogens (tertiary/aromatic N) is 1. The molecule has 2 N–H and O–H groups in total. The van der Waals surface area contributed by atoms with Gasteiger partial charge in [0.25, 0.3) is 0 Å². The predicted octanol–water partition coefficient (Wildman–Crippen LogP) is 17.7. The number of likely N-dealkylation sites (tertiary alicyclic amines) is 1. The van der Waals surface area contributed by atoms with Gasteiger partial charge >= 0.3 is 5.97 Å². The second-order valence-corrected chi connectivity index (χ2v) is 19.5. The first kappa shape index (κ1) is 69.4.